The molecule has 0 saturated carbocycles. The van der Waals surface area contributed by atoms with Gasteiger partial charge in [0.15, 0.2) is 0 Å². The zero-order chi connectivity index (χ0) is 11.6. The summed E-state index contributed by atoms with van der Waals surface area (Å²) in [5.41, 5.74) is 1.20. The van der Waals surface area contributed by atoms with Gasteiger partial charge in [0.2, 0.25) is 0 Å². The molecule has 0 spiro atoms. The van der Waals surface area contributed by atoms with Crippen LogP contribution >= 0.6 is 0 Å². The molecule has 1 unspecified atom stereocenters. The third-order valence-electron chi connectivity index (χ3n) is 2.69. The van der Waals surface area contributed by atoms with Crippen LogP contribution in [0.2, 0.25) is 0 Å². The lowest BCUT2D eigenvalue weighted by Crippen LogP contribution is -1.97. The highest BCUT2D eigenvalue weighted by Crippen LogP contribution is 2.15. The average molecular weight is 216 g/mol. The van der Waals surface area contributed by atoms with Crippen LogP contribution in [0.25, 0.3) is 6.08 Å². The number of hydrogen-bond donors (Lipinski definition) is 0. The van der Waals surface area contributed by atoms with Gasteiger partial charge in [0.1, 0.15) is 6.29 Å². The number of rotatable bonds is 7. The van der Waals surface area contributed by atoms with Gasteiger partial charge in [-0.05, 0) is 17.9 Å². The zero-order valence-electron chi connectivity index (χ0n) is 9.93. The first-order valence-corrected chi connectivity index (χ1v) is 6.03. The molecule has 0 saturated heterocycles. The van der Waals surface area contributed by atoms with Gasteiger partial charge in [-0.1, -0.05) is 62.2 Å². The van der Waals surface area contributed by atoms with Crippen LogP contribution in [-0.4, -0.2) is 6.29 Å². The Bertz CT molecular complexity index is 313. The fourth-order valence-electron chi connectivity index (χ4n) is 1.69. The Morgan fingerprint density at radius 1 is 1.25 bits per heavy atom. The summed E-state index contributed by atoms with van der Waals surface area (Å²) in [5, 5.41) is 0. The Balaban J connectivity index is 2.53. The molecule has 0 aliphatic rings. The second-order valence-corrected chi connectivity index (χ2v) is 4.07. The molecule has 0 aliphatic carbocycles. The van der Waals surface area contributed by atoms with E-state index >= 15 is 0 Å². The predicted octanol–water partition coefficient (Wildman–Crippen LogP) is 4.10. The molecule has 86 valence electrons. The van der Waals surface area contributed by atoms with E-state index in [9.17, 15) is 4.79 Å². The third kappa shape index (κ3) is 4.92. The number of carbonyl (C=O) groups is 1. The van der Waals surface area contributed by atoms with Gasteiger partial charge in [-0.15, -0.1) is 0 Å². The van der Waals surface area contributed by atoms with Crippen molar-refractivity contribution in [1.82, 2.24) is 0 Å². The van der Waals surface area contributed by atoms with Crippen molar-refractivity contribution in [1.29, 1.82) is 0 Å². The van der Waals surface area contributed by atoms with E-state index < -0.39 is 0 Å². The van der Waals surface area contributed by atoms with Gasteiger partial charge < -0.3 is 4.79 Å². The van der Waals surface area contributed by atoms with Crippen molar-refractivity contribution < 1.29 is 4.79 Å². The Kier molecular flexibility index (Phi) is 6.24. The van der Waals surface area contributed by atoms with E-state index in [0.29, 0.717) is 12.3 Å². The van der Waals surface area contributed by atoms with Crippen molar-refractivity contribution in [2.75, 3.05) is 0 Å². The van der Waals surface area contributed by atoms with Crippen molar-refractivity contribution in [3.05, 3.63) is 42.0 Å². The molecule has 1 nitrogen and oxygen atoms in total. The first kappa shape index (κ1) is 12.7. The molecule has 0 heterocycles. The van der Waals surface area contributed by atoms with Gasteiger partial charge >= 0.3 is 0 Å². The molecule has 1 aromatic carbocycles. The normalized spacial score (nSPS) is 12.8. The van der Waals surface area contributed by atoms with E-state index in [-0.39, 0.29) is 0 Å². The zero-order valence-corrected chi connectivity index (χ0v) is 9.93. The summed E-state index contributed by atoms with van der Waals surface area (Å²) in [6.07, 6.45) is 9.44. The molecule has 1 heteroatoms. The number of unbranched alkanes of at least 4 members (excludes halogenated alkanes) is 1. The number of hydrogen-bond acceptors (Lipinski definition) is 1. The molecule has 0 bridgehead atoms. The molecular formula is C15H20O. The molecule has 16 heavy (non-hydrogen) atoms. The monoisotopic (exact) mass is 216 g/mol. The summed E-state index contributed by atoms with van der Waals surface area (Å²) in [4.78, 5) is 10.6. The summed E-state index contributed by atoms with van der Waals surface area (Å²) < 4.78 is 0. The first-order valence-electron chi connectivity index (χ1n) is 6.03. The minimum absolute atomic E-state index is 0.401. The van der Waals surface area contributed by atoms with E-state index in [2.05, 4.69) is 31.2 Å². The van der Waals surface area contributed by atoms with Crippen molar-refractivity contribution in [2.24, 2.45) is 5.92 Å². The van der Waals surface area contributed by atoms with E-state index in [1.807, 2.05) is 18.2 Å². The van der Waals surface area contributed by atoms with Gasteiger partial charge in [0, 0.05) is 6.42 Å². The van der Waals surface area contributed by atoms with Crippen LogP contribution in [0.3, 0.4) is 0 Å². The van der Waals surface area contributed by atoms with Gasteiger partial charge in [0.25, 0.3) is 0 Å². The van der Waals surface area contributed by atoms with Crippen LogP contribution in [0.1, 0.15) is 38.2 Å². The molecule has 0 aliphatic heterocycles. The summed E-state index contributed by atoms with van der Waals surface area (Å²) >= 11 is 0. The second-order valence-electron chi connectivity index (χ2n) is 4.07. The minimum Gasteiger partial charge on any atom is -0.303 e. The topological polar surface area (TPSA) is 17.1 Å². The summed E-state index contributed by atoms with van der Waals surface area (Å²) in [7, 11) is 0. The SMILES string of the molecule is CCCCC(/C=C/c1ccccc1)CC=O. The maximum Gasteiger partial charge on any atom is 0.120 e. The lowest BCUT2D eigenvalue weighted by molar-refractivity contribution is -0.108. The van der Waals surface area contributed by atoms with E-state index in [1.54, 1.807) is 0 Å². The lowest BCUT2D eigenvalue weighted by Gasteiger charge is -2.07. The number of aldehydes is 1. The molecule has 0 fully saturated rings. The van der Waals surface area contributed by atoms with E-state index in [0.717, 1.165) is 12.7 Å². The maximum atomic E-state index is 10.6. The Labute approximate surface area is 98.2 Å². The predicted molar refractivity (Wildman–Crippen MR) is 69.2 cm³/mol. The first-order chi connectivity index (χ1) is 7.86. The van der Waals surface area contributed by atoms with Crippen LogP contribution in [0.4, 0.5) is 0 Å². The molecular weight excluding hydrogens is 196 g/mol. The van der Waals surface area contributed by atoms with Crippen LogP contribution in [-0.2, 0) is 4.79 Å². The van der Waals surface area contributed by atoms with Crippen molar-refractivity contribution in [2.45, 2.75) is 32.6 Å². The molecule has 1 aromatic rings. The molecule has 0 amide bonds. The smallest absolute Gasteiger partial charge is 0.120 e. The van der Waals surface area contributed by atoms with Crippen LogP contribution in [0, 0.1) is 5.92 Å². The largest absolute Gasteiger partial charge is 0.303 e. The standard InChI is InChI=1S/C15H20O/c1-2-3-7-15(12-13-16)11-10-14-8-5-4-6-9-14/h4-6,8-11,13,15H,2-3,7,12H2,1H3/b11-10+. The van der Waals surface area contributed by atoms with Crippen LogP contribution in [0.15, 0.2) is 36.4 Å². The van der Waals surface area contributed by atoms with Gasteiger partial charge in [0.05, 0.1) is 0 Å². The van der Waals surface area contributed by atoms with E-state index in [4.69, 9.17) is 0 Å². The minimum atomic E-state index is 0.401. The van der Waals surface area contributed by atoms with Crippen LogP contribution in [0.5, 0.6) is 0 Å². The van der Waals surface area contributed by atoms with Gasteiger partial charge in [-0.3, -0.25) is 0 Å². The highest BCUT2D eigenvalue weighted by Gasteiger charge is 2.02. The fourth-order valence-corrected chi connectivity index (χ4v) is 1.69. The number of benzene rings is 1. The summed E-state index contributed by atoms with van der Waals surface area (Å²) in [6, 6.07) is 10.2. The highest BCUT2D eigenvalue weighted by molar-refractivity contribution is 5.53. The Morgan fingerprint density at radius 3 is 2.62 bits per heavy atom. The molecule has 1 atom stereocenters. The Hall–Kier alpha value is -1.37. The second kappa shape index (κ2) is 7.86. The van der Waals surface area contributed by atoms with E-state index in [1.165, 1.54) is 18.4 Å². The lowest BCUT2D eigenvalue weighted by atomic mass is 9.98. The molecule has 0 aromatic heterocycles. The van der Waals surface area contributed by atoms with Gasteiger partial charge in [-0.25, -0.2) is 0 Å². The molecule has 1 rings (SSSR count). The van der Waals surface area contributed by atoms with Crippen molar-refractivity contribution >= 4 is 12.4 Å². The van der Waals surface area contributed by atoms with Crippen molar-refractivity contribution in [3.8, 4) is 0 Å². The molecule has 0 N–H and O–H groups in total. The fraction of sp³-hybridized carbons (Fsp3) is 0.400. The van der Waals surface area contributed by atoms with Crippen molar-refractivity contribution in [3.63, 3.8) is 0 Å². The average Bonchev–Trinajstić information content (AvgIpc) is 2.34. The summed E-state index contributed by atoms with van der Waals surface area (Å²) in [6.45, 7) is 2.18. The van der Waals surface area contributed by atoms with Crippen LogP contribution < -0.4 is 0 Å². The highest BCUT2D eigenvalue weighted by atomic mass is 16.1. The number of carbonyl (C=O) groups excluding carboxylic acids is 1. The summed E-state index contributed by atoms with van der Waals surface area (Å²) in [5.74, 6) is 0.401. The quantitative estimate of drug-likeness (QED) is 0.627. The number of allylic oxidation sites excluding steroid dienone is 1. The maximum absolute atomic E-state index is 10.6. The van der Waals surface area contributed by atoms with Gasteiger partial charge in [-0.2, -0.15) is 0 Å². The Morgan fingerprint density at radius 2 is 2.00 bits per heavy atom. The third-order valence-corrected chi connectivity index (χ3v) is 2.69. The molecule has 0 radical (unpaired) electrons.